The second kappa shape index (κ2) is 8.04. The zero-order valence-corrected chi connectivity index (χ0v) is 14.1. The van der Waals surface area contributed by atoms with Gasteiger partial charge < -0.3 is 0 Å². The van der Waals surface area contributed by atoms with Gasteiger partial charge in [0.15, 0.2) is 0 Å². The van der Waals surface area contributed by atoms with Gasteiger partial charge in [0.1, 0.15) is 5.25 Å². The van der Waals surface area contributed by atoms with E-state index in [9.17, 15) is 4.79 Å². The second-order valence-corrected chi connectivity index (χ2v) is 7.21. The highest BCUT2D eigenvalue weighted by atomic mass is 32.2. The fourth-order valence-electron chi connectivity index (χ4n) is 2.17. The van der Waals surface area contributed by atoms with E-state index in [2.05, 4.69) is 0 Å². The standard InChI is InChI=1S/C20H16OS2/c21-20(23-18-14-8-3-9-15-18)19(16-10-4-1-5-11-16)22-17-12-6-2-7-13-17/h1-15,19H. The molecule has 1 nitrogen and oxygen atoms in total. The minimum absolute atomic E-state index is 0.149. The largest absolute Gasteiger partial charge is 0.285 e. The topological polar surface area (TPSA) is 17.1 Å². The summed E-state index contributed by atoms with van der Waals surface area (Å²) in [7, 11) is 0. The molecule has 1 unspecified atom stereocenters. The molecular formula is C20H16OS2. The van der Waals surface area contributed by atoms with Crippen LogP contribution in [0.5, 0.6) is 0 Å². The summed E-state index contributed by atoms with van der Waals surface area (Å²) >= 11 is 2.90. The number of carbonyl (C=O) groups excluding carboxylic acids is 1. The summed E-state index contributed by atoms with van der Waals surface area (Å²) in [5, 5.41) is -0.0694. The Morgan fingerprint density at radius 1 is 0.652 bits per heavy atom. The Kier molecular flexibility index (Phi) is 5.56. The lowest BCUT2D eigenvalue weighted by atomic mass is 10.2. The molecule has 0 bridgehead atoms. The van der Waals surface area contributed by atoms with Crippen LogP contribution in [-0.2, 0) is 4.79 Å². The quantitative estimate of drug-likeness (QED) is 0.545. The summed E-state index contributed by atoms with van der Waals surface area (Å²) in [6.07, 6.45) is 0. The third kappa shape index (κ3) is 4.50. The average Bonchev–Trinajstić information content (AvgIpc) is 2.62. The molecule has 0 aromatic heterocycles. The van der Waals surface area contributed by atoms with Crippen molar-refractivity contribution >= 4 is 28.6 Å². The van der Waals surface area contributed by atoms with Crippen LogP contribution in [0, 0.1) is 0 Å². The van der Waals surface area contributed by atoms with Gasteiger partial charge in [-0.2, -0.15) is 0 Å². The molecule has 0 N–H and O–H groups in total. The summed E-state index contributed by atoms with van der Waals surface area (Å²) in [5.74, 6) is 0. The Labute approximate surface area is 145 Å². The van der Waals surface area contributed by atoms with Crippen molar-refractivity contribution in [1.82, 2.24) is 0 Å². The smallest absolute Gasteiger partial charge is 0.211 e. The van der Waals surface area contributed by atoms with Crippen molar-refractivity contribution in [3.63, 3.8) is 0 Å². The highest BCUT2D eigenvalue weighted by Gasteiger charge is 2.22. The Morgan fingerprint density at radius 3 is 1.70 bits per heavy atom. The van der Waals surface area contributed by atoms with E-state index >= 15 is 0 Å². The molecule has 3 rings (SSSR count). The SMILES string of the molecule is O=C(Sc1ccccc1)C(Sc1ccccc1)c1ccccc1. The maximum Gasteiger partial charge on any atom is 0.211 e. The predicted molar refractivity (Wildman–Crippen MR) is 98.8 cm³/mol. The van der Waals surface area contributed by atoms with Crippen molar-refractivity contribution in [3.05, 3.63) is 96.6 Å². The lowest BCUT2D eigenvalue weighted by Gasteiger charge is -2.15. The first-order valence-corrected chi connectivity index (χ1v) is 9.06. The molecule has 0 saturated carbocycles. The molecule has 23 heavy (non-hydrogen) atoms. The predicted octanol–water partition coefficient (Wildman–Crippen LogP) is 5.84. The fraction of sp³-hybridized carbons (Fsp3) is 0.0500. The third-order valence-electron chi connectivity index (χ3n) is 3.28. The first-order chi connectivity index (χ1) is 11.3. The van der Waals surface area contributed by atoms with Gasteiger partial charge in [0.2, 0.25) is 5.12 Å². The molecule has 0 fully saturated rings. The molecule has 3 aromatic rings. The molecule has 0 aliphatic rings. The molecule has 0 radical (unpaired) electrons. The number of carbonyl (C=O) groups is 1. The second-order valence-electron chi connectivity index (χ2n) is 4.96. The first kappa shape index (κ1) is 15.9. The van der Waals surface area contributed by atoms with Crippen molar-refractivity contribution < 1.29 is 4.79 Å². The van der Waals surface area contributed by atoms with Gasteiger partial charge in [-0.15, -0.1) is 11.8 Å². The molecule has 0 aliphatic carbocycles. The average molecular weight is 336 g/mol. The zero-order valence-electron chi connectivity index (χ0n) is 12.5. The van der Waals surface area contributed by atoms with Crippen molar-refractivity contribution in [3.8, 4) is 0 Å². The van der Waals surface area contributed by atoms with Gasteiger partial charge in [-0.25, -0.2) is 0 Å². The number of benzene rings is 3. The van der Waals surface area contributed by atoms with Crippen LogP contribution in [0.15, 0.2) is 101 Å². The summed E-state index contributed by atoms with van der Waals surface area (Å²) in [4.78, 5) is 14.9. The highest BCUT2D eigenvalue weighted by Crippen LogP contribution is 2.40. The molecule has 114 valence electrons. The summed E-state index contributed by atoms with van der Waals surface area (Å²) < 4.78 is 0. The van der Waals surface area contributed by atoms with E-state index in [4.69, 9.17) is 0 Å². The monoisotopic (exact) mass is 336 g/mol. The molecular weight excluding hydrogens is 320 g/mol. The van der Waals surface area contributed by atoms with Gasteiger partial charge in [0.25, 0.3) is 0 Å². The lowest BCUT2D eigenvalue weighted by Crippen LogP contribution is -2.05. The maximum absolute atomic E-state index is 12.9. The van der Waals surface area contributed by atoms with Crippen molar-refractivity contribution in [1.29, 1.82) is 0 Å². The van der Waals surface area contributed by atoms with E-state index in [1.807, 2.05) is 91.0 Å². The lowest BCUT2D eigenvalue weighted by molar-refractivity contribution is -0.110. The van der Waals surface area contributed by atoms with Gasteiger partial charge in [-0.1, -0.05) is 78.5 Å². The summed E-state index contributed by atoms with van der Waals surface area (Å²) in [6.45, 7) is 0. The van der Waals surface area contributed by atoms with E-state index < -0.39 is 0 Å². The van der Waals surface area contributed by atoms with Crippen LogP contribution in [0.25, 0.3) is 0 Å². The Hall–Kier alpha value is -1.97. The summed E-state index contributed by atoms with van der Waals surface area (Å²) in [6, 6.07) is 29.9. The molecule has 1 atom stereocenters. The van der Waals surface area contributed by atoms with E-state index in [0.29, 0.717) is 0 Å². The van der Waals surface area contributed by atoms with E-state index in [0.717, 1.165) is 15.4 Å². The molecule has 0 heterocycles. The van der Waals surface area contributed by atoms with Crippen LogP contribution >= 0.6 is 23.5 Å². The van der Waals surface area contributed by atoms with Crippen LogP contribution < -0.4 is 0 Å². The maximum atomic E-state index is 12.9. The van der Waals surface area contributed by atoms with Crippen LogP contribution in [0.2, 0.25) is 0 Å². The number of hydrogen-bond donors (Lipinski definition) is 0. The van der Waals surface area contributed by atoms with Crippen molar-refractivity contribution in [2.24, 2.45) is 0 Å². The molecule has 0 spiro atoms. The van der Waals surface area contributed by atoms with Crippen LogP contribution in [0.3, 0.4) is 0 Å². The van der Waals surface area contributed by atoms with E-state index in [-0.39, 0.29) is 10.4 Å². The Balaban J connectivity index is 1.84. The Morgan fingerprint density at radius 2 is 1.13 bits per heavy atom. The van der Waals surface area contributed by atoms with Gasteiger partial charge in [0, 0.05) is 9.79 Å². The van der Waals surface area contributed by atoms with Crippen LogP contribution in [0.1, 0.15) is 10.8 Å². The number of thioether (sulfide) groups is 2. The van der Waals surface area contributed by atoms with Gasteiger partial charge in [0.05, 0.1) is 0 Å². The van der Waals surface area contributed by atoms with Crippen LogP contribution in [0.4, 0.5) is 0 Å². The third-order valence-corrected chi connectivity index (χ3v) is 5.64. The van der Waals surface area contributed by atoms with E-state index in [1.165, 1.54) is 11.8 Å². The fourth-order valence-corrected chi connectivity index (χ4v) is 4.21. The van der Waals surface area contributed by atoms with E-state index in [1.54, 1.807) is 11.8 Å². The highest BCUT2D eigenvalue weighted by molar-refractivity contribution is 8.16. The van der Waals surface area contributed by atoms with Crippen molar-refractivity contribution in [2.75, 3.05) is 0 Å². The van der Waals surface area contributed by atoms with Gasteiger partial charge >= 0.3 is 0 Å². The zero-order chi connectivity index (χ0) is 15.9. The molecule has 0 amide bonds. The number of rotatable bonds is 5. The number of hydrogen-bond acceptors (Lipinski definition) is 3. The molecule has 3 aromatic carbocycles. The van der Waals surface area contributed by atoms with Crippen molar-refractivity contribution in [2.45, 2.75) is 15.0 Å². The first-order valence-electron chi connectivity index (χ1n) is 7.36. The molecule has 0 aliphatic heterocycles. The Bertz CT molecular complexity index is 742. The molecule has 3 heteroatoms. The van der Waals surface area contributed by atoms with Gasteiger partial charge in [-0.3, -0.25) is 4.79 Å². The normalized spacial score (nSPS) is 11.8. The van der Waals surface area contributed by atoms with Gasteiger partial charge in [-0.05, 0) is 29.8 Å². The summed E-state index contributed by atoms with van der Waals surface area (Å²) in [5.41, 5.74) is 1.04. The minimum Gasteiger partial charge on any atom is -0.285 e. The van der Waals surface area contributed by atoms with Crippen LogP contribution in [-0.4, -0.2) is 5.12 Å². The minimum atomic E-state index is -0.219. The molecule has 0 saturated heterocycles.